The van der Waals surface area contributed by atoms with Crippen molar-refractivity contribution in [1.29, 1.82) is 5.26 Å². The van der Waals surface area contributed by atoms with E-state index in [1.807, 2.05) is 6.92 Å². The number of oxazole rings is 1. The number of benzene rings is 1. The Morgan fingerprint density at radius 3 is 2.71 bits per heavy atom. The number of aliphatic hydroxyl groups is 1. The van der Waals surface area contributed by atoms with Crippen LogP contribution in [0.1, 0.15) is 22.9 Å². The third-order valence-corrected chi connectivity index (χ3v) is 4.59. The number of pyridine rings is 2. The van der Waals surface area contributed by atoms with Gasteiger partial charge in [-0.3, -0.25) is 4.98 Å². The van der Waals surface area contributed by atoms with E-state index in [1.54, 1.807) is 54.9 Å². The van der Waals surface area contributed by atoms with Gasteiger partial charge in [-0.25, -0.2) is 9.97 Å². The molecule has 31 heavy (non-hydrogen) atoms. The summed E-state index contributed by atoms with van der Waals surface area (Å²) in [5, 5.41) is 19.2. The molecule has 4 aromatic rings. The number of hydrogen-bond donors (Lipinski definition) is 2. The Morgan fingerprint density at radius 1 is 1.16 bits per heavy atom. The summed E-state index contributed by atoms with van der Waals surface area (Å²) >= 11 is 0. The van der Waals surface area contributed by atoms with Crippen LogP contribution in [0.5, 0.6) is 11.5 Å². The second kappa shape index (κ2) is 8.75. The standard InChI is InChI=1S/C23H19N5O3/c1-14-8-17(10-20(28-14)23-26-6-7-30-23)31-22-9-15(11-24)2-4-18(22)19-5-3-16(13-27-19)21(29)12-25/h2-10,13,21,29H,12,25H2,1H3. The minimum Gasteiger partial charge on any atom is -0.456 e. The first kappa shape index (κ1) is 20.2. The first-order chi connectivity index (χ1) is 15.1. The number of nitrogens with two attached hydrogens (primary N) is 1. The Morgan fingerprint density at radius 2 is 2.03 bits per heavy atom. The Kier molecular flexibility index (Phi) is 5.71. The van der Waals surface area contributed by atoms with Crippen LogP contribution >= 0.6 is 0 Å². The average molecular weight is 413 g/mol. The van der Waals surface area contributed by atoms with Crippen LogP contribution in [0, 0.1) is 18.3 Å². The van der Waals surface area contributed by atoms with Crippen molar-refractivity contribution in [3.63, 3.8) is 0 Å². The second-order valence-electron chi connectivity index (χ2n) is 6.82. The van der Waals surface area contributed by atoms with Crippen molar-refractivity contribution in [3.8, 4) is 40.4 Å². The average Bonchev–Trinajstić information content (AvgIpc) is 3.33. The summed E-state index contributed by atoms with van der Waals surface area (Å²) in [5.74, 6) is 1.37. The molecule has 1 aromatic carbocycles. The van der Waals surface area contributed by atoms with Gasteiger partial charge in [0.15, 0.2) is 0 Å². The highest BCUT2D eigenvalue weighted by atomic mass is 16.5. The van der Waals surface area contributed by atoms with E-state index in [0.717, 1.165) is 5.69 Å². The third-order valence-electron chi connectivity index (χ3n) is 4.59. The molecule has 1 atom stereocenters. The molecule has 8 heteroatoms. The quantitative estimate of drug-likeness (QED) is 0.488. The number of aliphatic hydroxyl groups excluding tert-OH is 1. The lowest BCUT2D eigenvalue weighted by molar-refractivity contribution is 0.186. The number of aromatic nitrogens is 3. The van der Waals surface area contributed by atoms with E-state index < -0.39 is 6.10 Å². The predicted molar refractivity (Wildman–Crippen MR) is 113 cm³/mol. The van der Waals surface area contributed by atoms with Crippen LogP contribution in [0.2, 0.25) is 0 Å². The molecule has 3 heterocycles. The zero-order valence-electron chi connectivity index (χ0n) is 16.7. The SMILES string of the molecule is Cc1cc(Oc2cc(C#N)ccc2-c2ccc(C(O)CN)cn2)cc(-c2ncco2)n1. The molecule has 0 spiro atoms. The van der Waals surface area contributed by atoms with E-state index in [4.69, 9.17) is 14.9 Å². The van der Waals surface area contributed by atoms with Gasteiger partial charge in [0.1, 0.15) is 23.5 Å². The largest absolute Gasteiger partial charge is 0.456 e. The summed E-state index contributed by atoms with van der Waals surface area (Å²) in [6, 6.07) is 14.3. The summed E-state index contributed by atoms with van der Waals surface area (Å²) in [6.45, 7) is 1.95. The lowest BCUT2D eigenvalue weighted by Crippen LogP contribution is -2.11. The fourth-order valence-electron chi connectivity index (χ4n) is 3.07. The summed E-state index contributed by atoms with van der Waals surface area (Å²) in [5.41, 5.74) is 9.18. The molecular weight excluding hydrogens is 394 g/mol. The van der Waals surface area contributed by atoms with E-state index in [0.29, 0.717) is 45.5 Å². The van der Waals surface area contributed by atoms with Crippen molar-refractivity contribution in [1.82, 2.24) is 15.0 Å². The van der Waals surface area contributed by atoms with Crippen LogP contribution in [0.25, 0.3) is 22.8 Å². The van der Waals surface area contributed by atoms with E-state index in [2.05, 4.69) is 21.0 Å². The van der Waals surface area contributed by atoms with Gasteiger partial charge in [0.25, 0.3) is 0 Å². The number of ether oxygens (including phenoxy) is 1. The molecule has 0 amide bonds. The highest BCUT2D eigenvalue weighted by Crippen LogP contribution is 2.35. The third kappa shape index (κ3) is 4.43. The molecular formula is C23H19N5O3. The Labute approximate surface area is 178 Å². The van der Waals surface area contributed by atoms with Crippen LogP contribution in [-0.4, -0.2) is 26.6 Å². The van der Waals surface area contributed by atoms with Gasteiger partial charge in [-0.2, -0.15) is 5.26 Å². The van der Waals surface area contributed by atoms with Gasteiger partial charge in [0, 0.05) is 41.7 Å². The molecule has 4 rings (SSSR count). The normalized spacial score (nSPS) is 11.7. The van der Waals surface area contributed by atoms with Gasteiger partial charge in [0.2, 0.25) is 5.89 Å². The van der Waals surface area contributed by atoms with Crippen molar-refractivity contribution in [2.75, 3.05) is 6.54 Å². The summed E-state index contributed by atoms with van der Waals surface area (Å²) in [7, 11) is 0. The molecule has 3 aromatic heterocycles. The van der Waals surface area contributed by atoms with Crippen LogP contribution in [0.4, 0.5) is 0 Å². The topological polar surface area (TPSA) is 131 Å². The van der Waals surface area contributed by atoms with Crippen LogP contribution < -0.4 is 10.5 Å². The van der Waals surface area contributed by atoms with E-state index in [-0.39, 0.29) is 6.54 Å². The van der Waals surface area contributed by atoms with E-state index in [1.165, 1.54) is 6.26 Å². The molecule has 0 aliphatic carbocycles. The summed E-state index contributed by atoms with van der Waals surface area (Å²) in [6.07, 6.45) is 3.83. The fourth-order valence-corrected chi connectivity index (χ4v) is 3.07. The van der Waals surface area contributed by atoms with Crippen LogP contribution in [0.3, 0.4) is 0 Å². The van der Waals surface area contributed by atoms with Crippen molar-refractivity contribution >= 4 is 0 Å². The highest BCUT2D eigenvalue weighted by Gasteiger charge is 2.14. The maximum atomic E-state index is 9.89. The summed E-state index contributed by atoms with van der Waals surface area (Å²) < 4.78 is 11.5. The Bertz CT molecular complexity index is 1230. The predicted octanol–water partition coefficient (Wildman–Crippen LogP) is 3.76. The molecule has 154 valence electrons. The number of hydrogen-bond acceptors (Lipinski definition) is 8. The smallest absolute Gasteiger partial charge is 0.245 e. The molecule has 0 bridgehead atoms. The number of nitriles is 1. The van der Waals surface area contributed by atoms with Gasteiger partial charge in [0.05, 0.1) is 29.6 Å². The van der Waals surface area contributed by atoms with Crippen molar-refractivity contribution in [2.24, 2.45) is 5.73 Å². The molecule has 0 saturated heterocycles. The summed E-state index contributed by atoms with van der Waals surface area (Å²) in [4.78, 5) is 13.0. The molecule has 3 N–H and O–H groups in total. The van der Waals surface area contributed by atoms with Crippen LogP contribution in [-0.2, 0) is 0 Å². The Balaban J connectivity index is 1.73. The lowest BCUT2D eigenvalue weighted by Gasteiger charge is -2.13. The monoisotopic (exact) mass is 413 g/mol. The molecule has 0 radical (unpaired) electrons. The first-order valence-electron chi connectivity index (χ1n) is 9.52. The van der Waals surface area contributed by atoms with Crippen LogP contribution in [0.15, 0.2) is 65.5 Å². The van der Waals surface area contributed by atoms with Crippen molar-refractivity contribution < 1.29 is 14.3 Å². The van der Waals surface area contributed by atoms with Crippen molar-refractivity contribution in [2.45, 2.75) is 13.0 Å². The highest BCUT2D eigenvalue weighted by molar-refractivity contribution is 5.69. The maximum Gasteiger partial charge on any atom is 0.245 e. The molecule has 0 aliphatic rings. The van der Waals surface area contributed by atoms with Gasteiger partial charge in [-0.15, -0.1) is 0 Å². The molecule has 1 unspecified atom stereocenters. The zero-order valence-corrected chi connectivity index (χ0v) is 16.7. The fraction of sp³-hybridized carbons (Fsp3) is 0.130. The van der Waals surface area contributed by atoms with E-state index >= 15 is 0 Å². The van der Waals surface area contributed by atoms with E-state index in [9.17, 15) is 10.4 Å². The lowest BCUT2D eigenvalue weighted by atomic mass is 10.1. The minimum atomic E-state index is -0.772. The van der Waals surface area contributed by atoms with Gasteiger partial charge in [-0.1, -0.05) is 6.07 Å². The number of nitrogens with zero attached hydrogens (tertiary/aromatic N) is 4. The van der Waals surface area contributed by atoms with Gasteiger partial charge in [-0.05, 0) is 31.2 Å². The van der Waals surface area contributed by atoms with Gasteiger partial charge >= 0.3 is 0 Å². The Hall–Kier alpha value is -4.06. The number of aryl methyl sites for hydroxylation is 1. The molecule has 0 aliphatic heterocycles. The second-order valence-corrected chi connectivity index (χ2v) is 6.82. The number of rotatable bonds is 6. The molecule has 0 fully saturated rings. The first-order valence-corrected chi connectivity index (χ1v) is 9.52. The van der Waals surface area contributed by atoms with Crippen molar-refractivity contribution in [3.05, 3.63) is 77.9 Å². The minimum absolute atomic E-state index is 0.112. The zero-order chi connectivity index (χ0) is 21.8. The maximum absolute atomic E-state index is 9.89. The molecule has 0 saturated carbocycles. The molecule has 8 nitrogen and oxygen atoms in total. The van der Waals surface area contributed by atoms with Gasteiger partial charge < -0.3 is 20.0 Å².